The van der Waals surface area contributed by atoms with Crippen molar-refractivity contribution in [3.63, 3.8) is 0 Å². The first kappa shape index (κ1) is 16.0. The number of rotatable bonds is 7. The maximum Gasteiger partial charge on any atom is 0.254 e. The lowest BCUT2D eigenvalue weighted by atomic mass is 10.0. The number of hydrogen-bond donors (Lipinski definition) is 1. The molecule has 0 aliphatic carbocycles. The minimum Gasteiger partial charge on any atom is -0.352 e. The number of alkyl halides is 1. The smallest absolute Gasteiger partial charge is 0.254 e. The monoisotopic (exact) mass is 285 g/mol. The van der Waals surface area contributed by atoms with Crippen LogP contribution in [0.3, 0.4) is 0 Å². The van der Waals surface area contributed by atoms with Crippen LogP contribution in [0.4, 0.5) is 4.39 Å². The zero-order valence-electron chi connectivity index (χ0n) is 11.5. The number of nitrogens with one attached hydrogen (secondary N) is 1. The van der Waals surface area contributed by atoms with Gasteiger partial charge in [0, 0.05) is 12.4 Å². The van der Waals surface area contributed by atoms with Gasteiger partial charge in [0.15, 0.2) is 0 Å². The Morgan fingerprint density at radius 2 is 2.16 bits per heavy atom. The number of hydrogen-bond acceptors (Lipinski definition) is 1. The molecule has 0 aromatic heterocycles. The number of carbonyl (C=O) groups excluding carboxylic acids is 1. The van der Waals surface area contributed by atoms with Gasteiger partial charge in [-0.25, -0.2) is 4.39 Å². The van der Waals surface area contributed by atoms with Crippen molar-refractivity contribution in [2.45, 2.75) is 33.1 Å². The summed E-state index contributed by atoms with van der Waals surface area (Å²) in [5.41, 5.74) is 0.597. The van der Waals surface area contributed by atoms with Crippen molar-refractivity contribution in [1.29, 1.82) is 0 Å². The van der Waals surface area contributed by atoms with Crippen LogP contribution in [0.15, 0.2) is 18.2 Å². The highest BCUT2D eigenvalue weighted by Crippen LogP contribution is 2.14. The van der Waals surface area contributed by atoms with E-state index in [9.17, 15) is 9.18 Å². The summed E-state index contributed by atoms with van der Waals surface area (Å²) in [4.78, 5) is 11.9. The van der Waals surface area contributed by atoms with Crippen molar-refractivity contribution < 1.29 is 9.18 Å². The van der Waals surface area contributed by atoms with Gasteiger partial charge in [0.1, 0.15) is 5.82 Å². The zero-order chi connectivity index (χ0) is 14.3. The first-order chi connectivity index (χ1) is 9.10. The molecule has 0 aliphatic heterocycles. The number of halogens is 2. The van der Waals surface area contributed by atoms with E-state index in [0.29, 0.717) is 23.9 Å². The van der Waals surface area contributed by atoms with Crippen LogP contribution in [0.5, 0.6) is 0 Å². The van der Waals surface area contributed by atoms with Crippen molar-refractivity contribution in [3.8, 4) is 0 Å². The molecule has 0 heterocycles. The Labute approximate surface area is 119 Å². The average Bonchev–Trinajstić information content (AvgIpc) is 2.39. The van der Waals surface area contributed by atoms with Gasteiger partial charge in [-0.3, -0.25) is 4.79 Å². The van der Waals surface area contributed by atoms with E-state index in [1.807, 2.05) is 0 Å². The molecule has 1 aromatic rings. The molecule has 19 heavy (non-hydrogen) atoms. The third-order valence-corrected chi connectivity index (χ3v) is 3.42. The molecule has 1 N–H and O–H groups in total. The summed E-state index contributed by atoms with van der Waals surface area (Å²) < 4.78 is 13.8. The molecule has 0 saturated carbocycles. The van der Waals surface area contributed by atoms with Crippen LogP contribution < -0.4 is 5.32 Å². The Bertz CT molecular complexity index is 417. The van der Waals surface area contributed by atoms with Crippen molar-refractivity contribution in [2.24, 2.45) is 5.92 Å². The summed E-state index contributed by atoms with van der Waals surface area (Å²) in [6.07, 6.45) is 2.94. The van der Waals surface area contributed by atoms with E-state index in [4.69, 9.17) is 11.6 Å². The van der Waals surface area contributed by atoms with E-state index in [-0.39, 0.29) is 11.5 Å². The van der Waals surface area contributed by atoms with Crippen molar-refractivity contribution in [1.82, 2.24) is 5.32 Å². The van der Waals surface area contributed by atoms with Gasteiger partial charge < -0.3 is 5.32 Å². The molecule has 2 nitrogen and oxygen atoms in total. The van der Waals surface area contributed by atoms with Crippen molar-refractivity contribution in [3.05, 3.63) is 35.1 Å². The van der Waals surface area contributed by atoms with Crippen LogP contribution in [0.1, 0.15) is 42.1 Å². The summed E-state index contributed by atoms with van der Waals surface area (Å²) in [6.45, 7) is 4.30. The van der Waals surface area contributed by atoms with Gasteiger partial charge in [-0.2, -0.15) is 0 Å². The van der Waals surface area contributed by atoms with Gasteiger partial charge >= 0.3 is 0 Å². The second-order valence-electron chi connectivity index (χ2n) is 4.78. The molecule has 0 radical (unpaired) electrons. The quantitative estimate of drug-likeness (QED) is 0.756. The molecule has 1 atom stereocenters. The molecule has 1 amide bonds. The topological polar surface area (TPSA) is 29.1 Å². The first-order valence-corrected chi connectivity index (χ1v) is 7.22. The van der Waals surface area contributed by atoms with Crippen LogP contribution in [0.25, 0.3) is 0 Å². The lowest BCUT2D eigenvalue weighted by molar-refractivity contribution is 0.0941. The first-order valence-electron chi connectivity index (χ1n) is 6.69. The van der Waals surface area contributed by atoms with Crippen LogP contribution in [0.2, 0.25) is 0 Å². The highest BCUT2D eigenvalue weighted by atomic mass is 35.5. The SMILES string of the molecule is CCCC(CCCl)CNC(=O)c1cccc(C)c1F. The standard InChI is InChI=1S/C15H21ClFNO/c1-3-5-12(8-9-16)10-18-15(19)13-7-4-6-11(2)14(13)17/h4,6-7,12H,3,5,8-10H2,1-2H3,(H,18,19). The Hall–Kier alpha value is -1.09. The average molecular weight is 286 g/mol. The third kappa shape index (κ3) is 4.83. The molecule has 0 spiro atoms. The Morgan fingerprint density at radius 3 is 2.79 bits per heavy atom. The van der Waals surface area contributed by atoms with Crippen molar-refractivity contribution >= 4 is 17.5 Å². The molecule has 0 saturated heterocycles. The number of benzene rings is 1. The van der Waals surface area contributed by atoms with Gasteiger partial charge in [0.2, 0.25) is 0 Å². The molecule has 1 aromatic carbocycles. The molecule has 0 bridgehead atoms. The Balaban J connectivity index is 2.61. The summed E-state index contributed by atoms with van der Waals surface area (Å²) in [5.74, 6) is 0.153. The maximum atomic E-state index is 13.8. The minimum atomic E-state index is -0.440. The molecular weight excluding hydrogens is 265 g/mol. The predicted molar refractivity (Wildman–Crippen MR) is 77.2 cm³/mol. The van der Waals surface area contributed by atoms with Gasteiger partial charge in [-0.1, -0.05) is 25.5 Å². The van der Waals surface area contributed by atoms with Gasteiger partial charge in [-0.05, 0) is 37.3 Å². The predicted octanol–water partition coefficient (Wildman–Crippen LogP) is 3.91. The largest absolute Gasteiger partial charge is 0.352 e. The number of carbonyl (C=O) groups is 1. The summed E-state index contributed by atoms with van der Waals surface area (Å²) in [6, 6.07) is 4.85. The fourth-order valence-corrected chi connectivity index (χ4v) is 2.37. The molecule has 0 fully saturated rings. The molecule has 4 heteroatoms. The second-order valence-corrected chi connectivity index (χ2v) is 5.16. The van der Waals surface area contributed by atoms with Crippen LogP contribution in [0, 0.1) is 18.7 Å². The van der Waals surface area contributed by atoms with E-state index < -0.39 is 5.82 Å². The van der Waals surface area contributed by atoms with E-state index in [1.54, 1.807) is 19.1 Å². The van der Waals surface area contributed by atoms with Crippen LogP contribution >= 0.6 is 11.6 Å². The normalized spacial score (nSPS) is 12.2. The number of aryl methyl sites for hydroxylation is 1. The van der Waals surface area contributed by atoms with Crippen LogP contribution in [-0.4, -0.2) is 18.3 Å². The van der Waals surface area contributed by atoms with E-state index in [0.717, 1.165) is 19.3 Å². The summed E-state index contributed by atoms with van der Waals surface area (Å²) >= 11 is 5.74. The Kier molecular flexibility index (Phi) is 6.85. The van der Waals surface area contributed by atoms with Gasteiger partial charge in [-0.15, -0.1) is 11.6 Å². The minimum absolute atomic E-state index is 0.112. The molecule has 1 unspecified atom stereocenters. The van der Waals surface area contributed by atoms with Crippen LogP contribution in [-0.2, 0) is 0 Å². The molecule has 106 valence electrons. The fraction of sp³-hybridized carbons (Fsp3) is 0.533. The summed E-state index contributed by atoms with van der Waals surface area (Å²) in [5, 5.41) is 2.80. The van der Waals surface area contributed by atoms with E-state index in [2.05, 4.69) is 12.2 Å². The second kappa shape index (κ2) is 8.16. The lowest BCUT2D eigenvalue weighted by Crippen LogP contribution is -2.30. The highest BCUT2D eigenvalue weighted by Gasteiger charge is 2.14. The fourth-order valence-electron chi connectivity index (χ4n) is 2.07. The highest BCUT2D eigenvalue weighted by molar-refractivity contribution is 6.17. The zero-order valence-corrected chi connectivity index (χ0v) is 12.3. The maximum absolute atomic E-state index is 13.8. The van der Waals surface area contributed by atoms with Gasteiger partial charge in [0.05, 0.1) is 5.56 Å². The molecule has 1 rings (SSSR count). The lowest BCUT2D eigenvalue weighted by Gasteiger charge is -2.16. The molecular formula is C15H21ClFNO. The number of amides is 1. The Morgan fingerprint density at radius 1 is 1.42 bits per heavy atom. The van der Waals surface area contributed by atoms with E-state index in [1.165, 1.54) is 6.07 Å². The van der Waals surface area contributed by atoms with Crippen molar-refractivity contribution in [2.75, 3.05) is 12.4 Å². The van der Waals surface area contributed by atoms with Gasteiger partial charge in [0.25, 0.3) is 5.91 Å². The molecule has 0 aliphatic rings. The van der Waals surface area contributed by atoms with E-state index >= 15 is 0 Å². The summed E-state index contributed by atoms with van der Waals surface area (Å²) in [7, 11) is 0. The third-order valence-electron chi connectivity index (χ3n) is 3.20.